The molecule has 0 aromatic rings. The largest absolute Gasteiger partial charge is 0.501 e. The predicted molar refractivity (Wildman–Crippen MR) is 109 cm³/mol. The molecule has 28 heavy (non-hydrogen) atoms. The number of ether oxygens (including phenoxy) is 4. The molecule has 4 unspecified atom stereocenters. The first-order valence-corrected chi connectivity index (χ1v) is 12.6. The average molecular weight is 421 g/mol. The molecular weight excluding hydrogens is 380 g/mol. The summed E-state index contributed by atoms with van der Waals surface area (Å²) in [4.78, 5) is 0. The van der Waals surface area contributed by atoms with Gasteiger partial charge in [-0.2, -0.15) is 0 Å². The van der Waals surface area contributed by atoms with E-state index in [1.54, 1.807) is 7.11 Å². The van der Waals surface area contributed by atoms with E-state index in [2.05, 4.69) is 27.7 Å². The maximum absolute atomic E-state index is 6.47. The summed E-state index contributed by atoms with van der Waals surface area (Å²) in [5.74, 6) is 0. The van der Waals surface area contributed by atoms with Gasteiger partial charge in [-0.3, -0.25) is 0 Å². The lowest BCUT2D eigenvalue weighted by molar-refractivity contribution is -0.0258. The first-order valence-electron chi connectivity index (χ1n) is 10.7. The molecule has 2 saturated heterocycles. The van der Waals surface area contributed by atoms with Gasteiger partial charge in [0.25, 0.3) is 0 Å². The Hall–Kier alpha value is -0.0631. The normalized spacial score (nSPS) is 24.8. The topological polar surface area (TPSA) is 71.2 Å². The van der Waals surface area contributed by atoms with Crippen LogP contribution in [0.2, 0.25) is 6.04 Å². The number of hydrogen-bond donors (Lipinski definition) is 0. The molecule has 0 N–H and O–H groups in total. The van der Waals surface area contributed by atoms with Gasteiger partial charge in [0.1, 0.15) is 12.2 Å². The van der Waals surface area contributed by atoms with Crippen molar-refractivity contribution in [2.24, 2.45) is 0 Å². The zero-order valence-electron chi connectivity index (χ0n) is 18.4. The van der Waals surface area contributed by atoms with Crippen LogP contribution >= 0.6 is 0 Å². The standard InChI is InChI=1S/C20H40O7Si/c1-6-20(3,4)27-28(21-5,12-8-11-23-14-19-16-25-19)26-17(2)9-7-10-22-13-18-15-24-18/h17-19H,6-16H2,1-5H3. The monoisotopic (exact) mass is 420 g/mol. The highest BCUT2D eigenvalue weighted by molar-refractivity contribution is 6.60. The van der Waals surface area contributed by atoms with Crippen molar-refractivity contribution in [3.63, 3.8) is 0 Å². The summed E-state index contributed by atoms with van der Waals surface area (Å²) in [7, 11) is -1.09. The first kappa shape index (κ1) is 24.2. The third-order valence-electron chi connectivity index (χ3n) is 5.06. The summed E-state index contributed by atoms with van der Waals surface area (Å²) in [6, 6.07) is 0.748. The Morgan fingerprint density at radius 1 is 1.04 bits per heavy atom. The fourth-order valence-corrected chi connectivity index (χ4v) is 5.75. The second-order valence-electron chi connectivity index (χ2n) is 8.34. The van der Waals surface area contributed by atoms with Crippen LogP contribution in [0, 0.1) is 0 Å². The minimum Gasteiger partial charge on any atom is -0.379 e. The molecule has 0 saturated carbocycles. The molecule has 2 rings (SSSR count). The first-order chi connectivity index (χ1) is 13.4. The van der Waals surface area contributed by atoms with Crippen LogP contribution in [-0.2, 0) is 32.2 Å². The molecule has 2 aliphatic heterocycles. The fourth-order valence-electron chi connectivity index (χ4n) is 2.81. The average Bonchev–Trinajstić information content (AvgIpc) is 3.55. The summed E-state index contributed by atoms with van der Waals surface area (Å²) in [6.07, 6.45) is 4.28. The van der Waals surface area contributed by atoms with E-state index in [4.69, 9.17) is 32.2 Å². The Morgan fingerprint density at radius 3 is 2.11 bits per heavy atom. The SMILES string of the molecule is CCC(C)(C)O[Si](CCCOCC1CO1)(OC)OC(C)CCCOCC1CO1. The van der Waals surface area contributed by atoms with Crippen LogP contribution < -0.4 is 0 Å². The van der Waals surface area contributed by atoms with Gasteiger partial charge in [-0.05, 0) is 46.5 Å². The Kier molecular flexibility index (Phi) is 10.3. The van der Waals surface area contributed by atoms with E-state index in [1.807, 2.05) is 0 Å². The summed E-state index contributed by atoms with van der Waals surface area (Å²) >= 11 is 0. The van der Waals surface area contributed by atoms with Gasteiger partial charge >= 0.3 is 8.80 Å². The van der Waals surface area contributed by atoms with Crippen molar-refractivity contribution in [3.05, 3.63) is 0 Å². The van der Waals surface area contributed by atoms with Crippen molar-refractivity contribution in [3.8, 4) is 0 Å². The van der Waals surface area contributed by atoms with Crippen LogP contribution in [0.3, 0.4) is 0 Å². The van der Waals surface area contributed by atoms with E-state index in [-0.39, 0.29) is 11.7 Å². The Morgan fingerprint density at radius 2 is 1.61 bits per heavy atom. The van der Waals surface area contributed by atoms with Gasteiger partial charge in [-0.25, -0.2) is 0 Å². The Balaban J connectivity index is 1.75. The summed E-state index contributed by atoms with van der Waals surface area (Å²) < 4.78 is 40.5. The second kappa shape index (κ2) is 12.0. The van der Waals surface area contributed by atoms with E-state index in [0.717, 1.165) is 51.5 Å². The maximum Gasteiger partial charge on any atom is 0.501 e. The van der Waals surface area contributed by atoms with Crippen molar-refractivity contribution in [2.45, 2.75) is 83.3 Å². The van der Waals surface area contributed by atoms with E-state index in [0.29, 0.717) is 32.0 Å². The van der Waals surface area contributed by atoms with Crippen LogP contribution in [0.1, 0.15) is 53.4 Å². The number of hydrogen-bond acceptors (Lipinski definition) is 7. The molecule has 2 aliphatic rings. The lowest BCUT2D eigenvalue weighted by Gasteiger charge is -2.38. The molecule has 0 radical (unpaired) electrons. The van der Waals surface area contributed by atoms with Gasteiger partial charge in [0.2, 0.25) is 0 Å². The zero-order chi connectivity index (χ0) is 20.5. The van der Waals surface area contributed by atoms with Crippen LogP contribution in [-0.4, -0.2) is 79.5 Å². The van der Waals surface area contributed by atoms with Gasteiger partial charge in [0.05, 0.1) is 32.0 Å². The molecule has 2 heterocycles. The predicted octanol–water partition coefficient (Wildman–Crippen LogP) is 3.18. The third kappa shape index (κ3) is 10.1. The Labute approximate surface area is 171 Å². The second-order valence-corrected chi connectivity index (χ2v) is 11.1. The van der Waals surface area contributed by atoms with E-state index < -0.39 is 8.80 Å². The molecular formula is C20H40O7Si. The van der Waals surface area contributed by atoms with Crippen molar-refractivity contribution < 1.29 is 32.2 Å². The van der Waals surface area contributed by atoms with Crippen LogP contribution in [0.5, 0.6) is 0 Å². The van der Waals surface area contributed by atoms with Crippen LogP contribution in [0.15, 0.2) is 0 Å². The fraction of sp³-hybridized carbons (Fsp3) is 1.00. The highest BCUT2D eigenvalue weighted by Crippen LogP contribution is 2.28. The molecule has 4 atom stereocenters. The van der Waals surface area contributed by atoms with Crippen molar-refractivity contribution >= 4 is 8.80 Å². The lowest BCUT2D eigenvalue weighted by Crippen LogP contribution is -2.52. The van der Waals surface area contributed by atoms with Crippen molar-refractivity contribution in [1.29, 1.82) is 0 Å². The number of epoxide rings is 2. The van der Waals surface area contributed by atoms with Gasteiger partial charge in [-0.15, -0.1) is 0 Å². The Bertz CT molecular complexity index is 429. The molecule has 0 aromatic carbocycles. The quantitative estimate of drug-likeness (QED) is 0.192. The van der Waals surface area contributed by atoms with Crippen LogP contribution in [0.25, 0.3) is 0 Å². The van der Waals surface area contributed by atoms with Gasteiger partial charge in [0.15, 0.2) is 0 Å². The third-order valence-corrected chi connectivity index (χ3v) is 8.27. The lowest BCUT2D eigenvalue weighted by atomic mass is 10.1. The molecule has 8 heteroatoms. The molecule has 7 nitrogen and oxygen atoms in total. The number of rotatable bonds is 18. The summed E-state index contributed by atoms with van der Waals surface area (Å²) in [6.45, 7) is 12.8. The summed E-state index contributed by atoms with van der Waals surface area (Å²) in [5, 5.41) is 0. The highest BCUT2D eigenvalue weighted by atomic mass is 28.4. The van der Waals surface area contributed by atoms with E-state index >= 15 is 0 Å². The van der Waals surface area contributed by atoms with Gasteiger partial charge < -0.3 is 32.2 Å². The van der Waals surface area contributed by atoms with Gasteiger partial charge in [0, 0.05) is 32.5 Å². The summed E-state index contributed by atoms with van der Waals surface area (Å²) in [5.41, 5.74) is -0.280. The minimum atomic E-state index is -2.80. The molecule has 0 spiro atoms. The minimum absolute atomic E-state index is 0.0563. The molecule has 0 aromatic heterocycles. The molecule has 0 amide bonds. The molecule has 2 fully saturated rings. The zero-order valence-corrected chi connectivity index (χ0v) is 19.4. The highest BCUT2D eigenvalue weighted by Gasteiger charge is 2.45. The van der Waals surface area contributed by atoms with Crippen LogP contribution in [0.4, 0.5) is 0 Å². The van der Waals surface area contributed by atoms with E-state index in [1.165, 1.54) is 0 Å². The smallest absolute Gasteiger partial charge is 0.379 e. The van der Waals surface area contributed by atoms with E-state index in [9.17, 15) is 0 Å². The van der Waals surface area contributed by atoms with Crippen molar-refractivity contribution in [1.82, 2.24) is 0 Å². The molecule has 0 bridgehead atoms. The van der Waals surface area contributed by atoms with Gasteiger partial charge in [-0.1, -0.05) is 6.92 Å². The molecule has 166 valence electrons. The van der Waals surface area contributed by atoms with Crippen molar-refractivity contribution in [2.75, 3.05) is 46.8 Å². The molecule has 0 aliphatic carbocycles. The maximum atomic E-state index is 6.47.